The zero-order valence-corrected chi connectivity index (χ0v) is 7.43. The average molecular weight is 203 g/mol. The van der Waals surface area contributed by atoms with Gasteiger partial charge >= 0.3 is 6.08 Å². The minimum atomic E-state index is -2.45. The third-order valence-corrected chi connectivity index (χ3v) is 1.93. The molecule has 1 aliphatic heterocycles. The lowest BCUT2D eigenvalue weighted by molar-refractivity contribution is -0.121. The van der Waals surface area contributed by atoms with Crippen LogP contribution in [0.4, 0.5) is 13.2 Å². The molecule has 14 heavy (non-hydrogen) atoms. The molecule has 1 aliphatic rings. The number of hydrogen-bond donors (Lipinski definition) is 0. The van der Waals surface area contributed by atoms with Crippen molar-refractivity contribution in [3.63, 3.8) is 0 Å². The van der Waals surface area contributed by atoms with Crippen LogP contribution in [0.15, 0.2) is 29.1 Å². The summed E-state index contributed by atoms with van der Waals surface area (Å²) in [5.41, 5.74) is -1.19. The van der Waals surface area contributed by atoms with E-state index in [-0.39, 0.29) is 0 Å². The van der Waals surface area contributed by atoms with Crippen molar-refractivity contribution in [2.24, 2.45) is 4.99 Å². The summed E-state index contributed by atoms with van der Waals surface area (Å²) in [7, 11) is 0. The fraction of sp³-hybridized carbons (Fsp3) is 0.333. The SMILES string of the molecule is CC1(C(=O)CC(F)=C(F)F)C=CC=N1. The smallest absolute Gasteiger partial charge is 0.296 e. The first-order valence-corrected chi connectivity index (χ1v) is 3.92. The van der Waals surface area contributed by atoms with E-state index in [0.29, 0.717) is 0 Å². The summed E-state index contributed by atoms with van der Waals surface area (Å²) in [5.74, 6) is -2.38. The quantitative estimate of drug-likeness (QED) is 0.692. The van der Waals surface area contributed by atoms with Gasteiger partial charge < -0.3 is 0 Å². The maximum Gasteiger partial charge on any atom is 0.301 e. The van der Waals surface area contributed by atoms with Crippen molar-refractivity contribution in [1.82, 2.24) is 0 Å². The van der Waals surface area contributed by atoms with Gasteiger partial charge in [-0.1, -0.05) is 0 Å². The van der Waals surface area contributed by atoms with Crippen LogP contribution < -0.4 is 0 Å². The number of rotatable bonds is 3. The number of nitrogens with zero attached hydrogens (tertiary/aromatic N) is 1. The number of carbonyl (C=O) groups is 1. The maximum atomic E-state index is 12.4. The number of hydrogen-bond acceptors (Lipinski definition) is 2. The zero-order valence-electron chi connectivity index (χ0n) is 7.43. The third-order valence-electron chi connectivity index (χ3n) is 1.93. The number of ketones is 1. The van der Waals surface area contributed by atoms with Crippen LogP contribution in [-0.2, 0) is 4.79 Å². The Morgan fingerprint density at radius 3 is 2.50 bits per heavy atom. The molecule has 1 rings (SSSR count). The van der Waals surface area contributed by atoms with Gasteiger partial charge in [0.1, 0.15) is 5.54 Å². The summed E-state index contributed by atoms with van der Waals surface area (Å²) in [5, 5.41) is 0. The lowest BCUT2D eigenvalue weighted by Crippen LogP contribution is -2.29. The molecule has 0 spiro atoms. The van der Waals surface area contributed by atoms with Crippen molar-refractivity contribution in [2.45, 2.75) is 18.9 Å². The van der Waals surface area contributed by atoms with Crippen molar-refractivity contribution in [3.05, 3.63) is 24.1 Å². The van der Waals surface area contributed by atoms with Crippen LogP contribution in [0.2, 0.25) is 0 Å². The fourth-order valence-electron chi connectivity index (χ4n) is 1.02. The highest BCUT2D eigenvalue weighted by atomic mass is 19.3. The third kappa shape index (κ3) is 2.10. The molecule has 1 unspecified atom stereocenters. The number of allylic oxidation sites excluding steroid dienone is 2. The summed E-state index contributed by atoms with van der Waals surface area (Å²) in [6.45, 7) is 1.44. The molecule has 76 valence electrons. The summed E-state index contributed by atoms with van der Waals surface area (Å²) >= 11 is 0. The van der Waals surface area contributed by atoms with E-state index in [0.717, 1.165) is 0 Å². The van der Waals surface area contributed by atoms with Crippen molar-refractivity contribution < 1.29 is 18.0 Å². The lowest BCUT2D eigenvalue weighted by Gasteiger charge is -2.15. The van der Waals surface area contributed by atoms with Crippen LogP contribution in [-0.4, -0.2) is 17.5 Å². The summed E-state index contributed by atoms with van der Waals surface area (Å²) < 4.78 is 35.8. The van der Waals surface area contributed by atoms with Crippen molar-refractivity contribution >= 4 is 12.0 Å². The van der Waals surface area contributed by atoms with Gasteiger partial charge in [0.05, 0.1) is 6.42 Å². The Bertz CT molecular complexity index is 328. The minimum absolute atomic E-state index is 0.687. The molecule has 0 aromatic heterocycles. The Kier molecular flexibility index (Phi) is 2.88. The highest BCUT2D eigenvalue weighted by molar-refractivity contribution is 5.96. The van der Waals surface area contributed by atoms with Crippen LogP contribution in [0.3, 0.4) is 0 Å². The Labute approximate surface area is 78.8 Å². The molecule has 1 heterocycles. The van der Waals surface area contributed by atoms with Crippen LogP contribution in [0.25, 0.3) is 0 Å². The van der Waals surface area contributed by atoms with E-state index < -0.39 is 29.7 Å². The maximum absolute atomic E-state index is 12.4. The van der Waals surface area contributed by atoms with Gasteiger partial charge in [0.25, 0.3) is 0 Å². The Hall–Kier alpha value is -1.39. The van der Waals surface area contributed by atoms with Gasteiger partial charge in [-0.15, -0.1) is 0 Å². The summed E-state index contributed by atoms with van der Waals surface area (Å²) in [4.78, 5) is 15.1. The number of carbonyl (C=O) groups excluding carboxylic acids is 1. The second kappa shape index (κ2) is 3.77. The Balaban J connectivity index is 2.73. The first kappa shape index (κ1) is 10.7. The van der Waals surface area contributed by atoms with Gasteiger partial charge in [-0.05, 0) is 19.1 Å². The van der Waals surface area contributed by atoms with Crippen molar-refractivity contribution in [3.8, 4) is 0 Å². The van der Waals surface area contributed by atoms with Crippen LogP contribution in [0.1, 0.15) is 13.3 Å². The van der Waals surface area contributed by atoms with Gasteiger partial charge in [0, 0.05) is 6.21 Å². The van der Waals surface area contributed by atoms with E-state index in [2.05, 4.69) is 4.99 Å². The second-order valence-corrected chi connectivity index (χ2v) is 3.05. The molecular formula is C9H8F3NO. The first-order chi connectivity index (χ1) is 6.46. The number of Topliss-reactive ketones (excluding diaryl/α,β-unsaturated/α-hetero) is 1. The predicted molar refractivity (Wildman–Crippen MR) is 46.0 cm³/mol. The standard InChI is InChI=1S/C9H8F3NO/c1-9(3-2-4-13-9)7(14)5-6(10)8(11)12/h2-4H,5H2,1H3. The summed E-state index contributed by atoms with van der Waals surface area (Å²) in [6, 6.07) is 0. The van der Waals surface area contributed by atoms with E-state index >= 15 is 0 Å². The zero-order chi connectivity index (χ0) is 10.8. The molecule has 5 heteroatoms. The second-order valence-electron chi connectivity index (χ2n) is 3.05. The molecule has 0 aromatic carbocycles. The van der Waals surface area contributed by atoms with E-state index in [4.69, 9.17) is 0 Å². The van der Waals surface area contributed by atoms with Gasteiger partial charge in [-0.25, -0.2) is 4.39 Å². The highest BCUT2D eigenvalue weighted by Gasteiger charge is 2.31. The average Bonchev–Trinajstić information content (AvgIpc) is 2.53. The molecule has 0 aromatic rings. The number of aliphatic imine (C=N–C) groups is 1. The lowest BCUT2D eigenvalue weighted by atomic mass is 9.95. The minimum Gasteiger partial charge on any atom is -0.296 e. The van der Waals surface area contributed by atoms with E-state index in [1.807, 2.05) is 0 Å². The molecule has 0 aliphatic carbocycles. The first-order valence-electron chi connectivity index (χ1n) is 3.92. The molecule has 0 radical (unpaired) electrons. The highest BCUT2D eigenvalue weighted by Crippen LogP contribution is 2.23. The molecule has 0 saturated heterocycles. The molecule has 2 nitrogen and oxygen atoms in total. The Morgan fingerprint density at radius 2 is 2.07 bits per heavy atom. The summed E-state index contributed by atoms with van der Waals surface area (Å²) in [6.07, 6.45) is 0.975. The van der Waals surface area contributed by atoms with Crippen molar-refractivity contribution in [2.75, 3.05) is 0 Å². The van der Waals surface area contributed by atoms with Crippen LogP contribution in [0, 0.1) is 0 Å². The van der Waals surface area contributed by atoms with Gasteiger partial charge in [-0.2, -0.15) is 8.78 Å². The van der Waals surface area contributed by atoms with Gasteiger partial charge in [0.2, 0.25) is 0 Å². The van der Waals surface area contributed by atoms with Crippen molar-refractivity contribution in [1.29, 1.82) is 0 Å². The normalized spacial score (nSPS) is 24.0. The molecule has 0 bridgehead atoms. The molecule has 0 fully saturated rings. The van der Waals surface area contributed by atoms with Gasteiger partial charge in [-0.3, -0.25) is 9.79 Å². The topological polar surface area (TPSA) is 29.4 Å². The predicted octanol–water partition coefficient (Wildman–Crippen LogP) is 2.42. The molecular weight excluding hydrogens is 195 g/mol. The van der Waals surface area contributed by atoms with E-state index in [1.165, 1.54) is 25.3 Å². The molecule has 0 N–H and O–H groups in total. The Morgan fingerprint density at radius 1 is 1.43 bits per heavy atom. The van der Waals surface area contributed by atoms with Crippen LogP contribution in [0.5, 0.6) is 0 Å². The molecule has 0 saturated carbocycles. The van der Waals surface area contributed by atoms with E-state index in [9.17, 15) is 18.0 Å². The fourth-order valence-corrected chi connectivity index (χ4v) is 1.02. The van der Waals surface area contributed by atoms with E-state index in [1.54, 1.807) is 0 Å². The monoisotopic (exact) mass is 203 g/mol. The number of halogens is 3. The molecule has 1 atom stereocenters. The van der Waals surface area contributed by atoms with Gasteiger partial charge in [0.15, 0.2) is 11.6 Å². The van der Waals surface area contributed by atoms with Crippen LogP contribution >= 0.6 is 0 Å². The molecule has 0 amide bonds. The largest absolute Gasteiger partial charge is 0.301 e.